The molecule has 0 aromatic carbocycles. The van der Waals surface area contributed by atoms with Crippen molar-refractivity contribution >= 4 is 5.97 Å². The zero-order valence-corrected chi connectivity index (χ0v) is 12.1. The minimum absolute atomic E-state index is 0.387. The number of carboxylic acids is 1. The van der Waals surface area contributed by atoms with Gasteiger partial charge in [-0.1, -0.05) is 26.2 Å². The van der Waals surface area contributed by atoms with E-state index >= 15 is 0 Å². The first kappa shape index (κ1) is 13.4. The van der Waals surface area contributed by atoms with E-state index in [2.05, 4.69) is 11.8 Å². The summed E-state index contributed by atoms with van der Waals surface area (Å²) in [6.45, 7) is 5.37. The Balaban J connectivity index is 1.58. The molecule has 0 unspecified atom stereocenters. The Labute approximate surface area is 116 Å². The van der Waals surface area contributed by atoms with E-state index in [1.807, 2.05) is 0 Å². The van der Waals surface area contributed by atoms with Crippen LogP contribution in [0.1, 0.15) is 51.9 Å². The molecule has 2 aliphatic carbocycles. The molecule has 1 saturated heterocycles. The van der Waals surface area contributed by atoms with Gasteiger partial charge in [0.15, 0.2) is 0 Å². The summed E-state index contributed by atoms with van der Waals surface area (Å²) in [5, 5.41) is 9.61. The SMILES string of the molecule is CC1CCC(CN2C[C@@H]3CCC[C@@]3(C(=O)O)C2)CC1. The molecule has 0 bridgehead atoms. The molecule has 108 valence electrons. The van der Waals surface area contributed by atoms with Crippen molar-refractivity contribution in [2.75, 3.05) is 19.6 Å². The molecule has 1 heterocycles. The first-order chi connectivity index (χ1) is 9.10. The van der Waals surface area contributed by atoms with Crippen molar-refractivity contribution in [2.24, 2.45) is 23.2 Å². The number of aliphatic carboxylic acids is 1. The van der Waals surface area contributed by atoms with Crippen LogP contribution in [0.2, 0.25) is 0 Å². The molecule has 3 heteroatoms. The van der Waals surface area contributed by atoms with Crippen LogP contribution in [-0.4, -0.2) is 35.6 Å². The normalized spacial score (nSPS) is 43.3. The standard InChI is InChI=1S/C16H27NO2/c1-12-4-6-13(7-5-12)9-17-10-14-3-2-8-16(14,11-17)15(18)19/h12-14H,2-11H2,1H3,(H,18,19)/t12?,13?,14-,16+/m0/s1. The third-order valence-corrected chi connectivity index (χ3v) is 6.02. The van der Waals surface area contributed by atoms with Gasteiger partial charge in [-0.2, -0.15) is 0 Å². The second-order valence-electron chi connectivity index (χ2n) is 7.37. The lowest BCUT2D eigenvalue weighted by Crippen LogP contribution is -2.37. The molecular weight excluding hydrogens is 238 g/mol. The summed E-state index contributed by atoms with van der Waals surface area (Å²) in [6, 6.07) is 0. The molecular formula is C16H27NO2. The summed E-state index contributed by atoms with van der Waals surface area (Å²) < 4.78 is 0. The topological polar surface area (TPSA) is 40.5 Å². The summed E-state index contributed by atoms with van der Waals surface area (Å²) in [7, 11) is 0. The van der Waals surface area contributed by atoms with Gasteiger partial charge in [0.1, 0.15) is 0 Å². The number of nitrogens with zero attached hydrogens (tertiary/aromatic N) is 1. The summed E-state index contributed by atoms with van der Waals surface area (Å²) in [4.78, 5) is 14.1. The molecule has 0 spiro atoms. The maximum atomic E-state index is 11.7. The van der Waals surface area contributed by atoms with Gasteiger partial charge in [0.25, 0.3) is 0 Å². The Morgan fingerprint density at radius 2 is 2.00 bits per heavy atom. The summed E-state index contributed by atoms with van der Waals surface area (Å²) in [5.74, 6) is 1.61. The van der Waals surface area contributed by atoms with Crippen LogP contribution in [0.4, 0.5) is 0 Å². The number of likely N-dealkylation sites (tertiary alicyclic amines) is 1. The van der Waals surface area contributed by atoms with Crippen molar-refractivity contribution in [2.45, 2.75) is 51.9 Å². The highest BCUT2D eigenvalue weighted by molar-refractivity contribution is 5.76. The molecule has 0 amide bonds. The van der Waals surface area contributed by atoms with Crippen LogP contribution in [0.3, 0.4) is 0 Å². The van der Waals surface area contributed by atoms with E-state index in [-0.39, 0.29) is 5.41 Å². The van der Waals surface area contributed by atoms with E-state index in [1.54, 1.807) is 0 Å². The van der Waals surface area contributed by atoms with Gasteiger partial charge < -0.3 is 10.0 Å². The first-order valence-electron chi connectivity index (χ1n) is 8.06. The van der Waals surface area contributed by atoms with Gasteiger partial charge in [-0.3, -0.25) is 4.79 Å². The van der Waals surface area contributed by atoms with Crippen molar-refractivity contribution < 1.29 is 9.90 Å². The molecule has 0 aromatic heterocycles. The van der Waals surface area contributed by atoms with Crippen molar-refractivity contribution in [3.8, 4) is 0 Å². The van der Waals surface area contributed by atoms with Crippen LogP contribution in [0.15, 0.2) is 0 Å². The lowest BCUT2D eigenvalue weighted by Gasteiger charge is -2.30. The van der Waals surface area contributed by atoms with Gasteiger partial charge in [0, 0.05) is 19.6 Å². The van der Waals surface area contributed by atoms with Crippen LogP contribution in [-0.2, 0) is 4.79 Å². The first-order valence-corrected chi connectivity index (χ1v) is 8.06. The van der Waals surface area contributed by atoms with Crippen LogP contribution in [0.25, 0.3) is 0 Å². The minimum atomic E-state index is -0.533. The Morgan fingerprint density at radius 1 is 1.26 bits per heavy atom. The largest absolute Gasteiger partial charge is 0.481 e. The van der Waals surface area contributed by atoms with Crippen molar-refractivity contribution in [3.63, 3.8) is 0 Å². The fraction of sp³-hybridized carbons (Fsp3) is 0.938. The maximum absolute atomic E-state index is 11.7. The lowest BCUT2D eigenvalue weighted by atomic mass is 9.81. The molecule has 0 aromatic rings. The van der Waals surface area contributed by atoms with Crippen molar-refractivity contribution in [3.05, 3.63) is 0 Å². The van der Waals surface area contributed by atoms with Gasteiger partial charge in [0.05, 0.1) is 5.41 Å². The average Bonchev–Trinajstić information content (AvgIpc) is 2.89. The smallest absolute Gasteiger partial charge is 0.311 e. The molecule has 3 fully saturated rings. The second kappa shape index (κ2) is 5.08. The number of carboxylic acid groups (broad SMARTS) is 1. The highest BCUT2D eigenvalue weighted by Gasteiger charge is 2.54. The maximum Gasteiger partial charge on any atom is 0.311 e. The Bertz CT molecular complexity index is 349. The van der Waals surface area contributed by atoms with Gasteiger partial charge >= 0.3 is 5.97 Å². The van der Waals surface area contributed by atoms with E-state index in [9.17, 15) is 9.90 Å². The lowest BCUT2D eigenvalue weighted by molar-refractivity contribution is -0.149. The molecule has 2 saturated carbocycles. The molecule has 3 aliphatic rings. The van der Waals surface area contributed by atoms with Crippen molar-refractivity contribution in [1.29, 1.82) is 0 Å². The monoisotopic (exact) mass is 265 g/mol. The highest BCUT2D eigenvalue weighted by Crippen LogP contribution is 2.49. The quantitative estimate of drug-likeness (QED) is 0.853. The van der Waals surface area contributed by atoms with E-state index in [0.29, 0.717) is 5.92 Å². The Kier molecular flexibility index (Phi) is 3.59. The molecule has 19 heavy (non-hydrogen) atoms. The number of rotatable bonds is 3. The zero-order chi connectivity index (χ0) is 13.5. The molecule has 2 atom stereocenters. The Morgan fingerprint density at radius 3 is 2.63 bits per heavy atom. The third-order valence-electron chi connectivity index (χ3n) is 6.02. The van der Waals surface area contributed by atoms with Gasteiger partial charge in [-0.15, -0.1) is 0 Å². The summed E-state index contributed by atoms with van der Waals surface area (Å²) in [6.07, 6.45) is 8.59. The molecule has 3 rings (SSSR count). The molecule has 3 nitrogen and oxygen atoms in total. The highest BCUT2D eigenvalue weighted by atomic mass is 16.4. The Hall–Kier alpha value is -0.570. The number of hydrogen-bond donors (Lipinski definition) is 1. The van der Waals surface area contributed by atoms with E-state index in [1.165, 1.54) is 25.7 Å². The average molecular weight is 265 g/mol. The van der Waals surface area contributed by atoms with Gasteiger partial charge in [0.2, 0.25) is 0 Å². The molecule has 0 radical (unpaired) electrons. The van der Waals surface area contributed by atoms with Crippen LogP contribution in [0.5, 0.6) is 0 Å². The predicted octanol–water partition coefficient (Wildman–Crippen LogP) is 3.00. The number of fused-ring (bicyclic) bond motifs is 1. The van der Waals surface area contributed by atoms with Crippen LogP contribution in [0, 0.1) is 23.2 Å². The second-order valence-corrected chi connectivity index (χ2v) is 7.37. The van der Waals surface area contributed by atoms with E-state index < -0.39 is 5.97 Å². The van der Waals surface area contributed by atoms with Crippen LogP contribution < -0.4 is 0 Å². The van der Waals surface area contributed by atoms with Gasteiger partial charge in [-0.05, 0) is 43.4 Å². The number of hydrogen-bond acceptors (Lipinski definition) is 2. The number of carbonyl (C=O) groups is 1. The minimum Gasteiger partial charge on any atom is -0.481 e. The van der Waals surface area contributed by atoms with E-state index in [4.69, 9.17) is 0 Å². The molecule has 1 aliphatic heterocycles. The van der Waals surface area contributed by atoms with Crippen LogP contribution >= 0.6 is 0 Å². The molecule has 1 N–H and O–H groups in total. The fourth-order valence-corrected chi connectivity index (χ4v) is 4.76. The van der Waals surface area contributed by atoms with Gasteiger partial charge in [-0.25, -0.2) is 0 Å². The summed E-state index contributed by atoms with van der Waals surface area (Å²) in [5.41, 5.74) is -0.387. The van der Waals surface area contributed by atoms with Crippen molar-refractivity contribution in [1.82, 2.24) is 4.90 Å². The van der Waals surface area contributed by atoms with E-state index in [0.717, 1.165) is 50.7 Å². The fourth-order valence-electron chi connectivity index (χ4n) is 4.76. The summed E-state index contributed by atoms with van der Waals surface area (Å²) >= 11 is 0. The third kappa shape index (κ3) is 2.42. The zero-order valence-electron chi connectivity index (χ0n) is 12.1. The predicted molar refractivity (Wildman–Crippen MR) is 75.0 cm³/mol.